The van der Waals surface area contributed by atoms with Gasteiger partial charge in [0.2, 0.25) is 0 Å². The van der Waals surface area contributed by atoms with Crippen molar-refractivity contribution in [2.24, 2.45) is 11.7 Å². The number of nitrogens with zero attached hydrogens (tertiary/aromatic N) is 1. The fourth-order valence-electron chi connectivity index (χ4n) is 1.67. The minimum absolute atomic E-state index is 0. The van der Waals surface area contributed by atoms with Gasteiger partial charge in [0.1, 0.15) is 5.82 Å². The highest BCUT2D eigenvalue weighted by Gasteiger charge is 2.20. The van der Waals surface area contributed by atoms with Crippen molar-refractivity contribution >= 4 is 29.9 Å². The number of hydrogen-bond acceptors (Lipinski definition) is 2. The fourth-order valence-corrected chi connectivity index (χ4v) is 1.91. The summed E-state index contributed by atoms with van der Waals surface area (Å²) in [6.07, 6.45) is 0.673. The Morgan fingerprint density at radius 2 is 2.05 bits per heavy atom. The first kappa shape index (κ1) is 19.2. The third kappa shape index (κ3) is 4.93. The lowest BCUT2D eigenvalue weighted by Gasteiger charge is -2.22. The molecule has 1 rings (SSSR count). The molecule has 0 radical (unpaired) electrons. The van der Waals surface area contributed by atoms with E-state index >= 15 is 0 Å². The van der Waals surface area contributed by atoms with E-state index in [9.17, 15) is 9.18 Å². The van der Waals surface area contributed by atoms with E-state index in [1.165, 1.54) is 23.1 Å². The van der Waals surface area contributed by atoms with Gasteiger partial charge in [-0.15, -0.1) is 12.4 Å². The van der Waals surface area contributed by atoms with Gasteiger partial charge in [-0.05, 0) is 24.5 Å². The van der Waals surface area contributed by atoms with Crippen molar-refractivity contribution in [3.05, 3.63) is 34.6 Å². The van der Waals surface area contributed by atoms with E-state index in [-0.39, 0.29) is 29.0 Å². The zero-order valence-corrected chi connectivity index (χ0v) is 13.5. The molecule has 1 aromatic rings. The Labute approximate surface area is 130 Å². The summed E-state index contributed by atoms with van der Waals surface area (Å²) in [5.74, 6) is -0.669. The lowest BCUT2D eigenvalue weighted by molar-refractivity contribution is 0.0784. The maximum atomic E-state index is 13.6. The topological polar surface area (TPSA) is 46.3 Å². The van der Waals surface area contributed by atoms with Crippen LogP contribution in [0.15, 0.2) is 18.2 Å². The van der Waals surface area contributed by atoms with Gasteiger partial charge >= 0.3 is 0 Å². The van der Waals surface area contributed by atoms with Crippen LogP contribution in [0.25, 0.3) is 0 Å². The summed E-state index contributed by atoms with van der Waals surface area (Å²) in [5.41, 5.74) is 5.85. The Hall–Kier alpha value is -0.840. The number of halogens is 3. The molecule has 20 heavy (non-hydrogen) atoms. The van der Waals surface area contributed by atoms with E-state index in [0.29, 0.717) is 18.9 Å². The second kappa shape index (κ2) is 8.45. The van der Waals surface area contributed by atoms with Gasteiger partial charge in [-0.2, -0.15) is 0 Å². The van der Waals surface area contributed by atoms with Gasteiger partial charge in [-0.1, -0.05) is 31.5 Å². The van der Waals surface area contributed by atoms with Crippen LogP contribution in [0.2, 0.25) is 5.02 Å². The Balaban J connectivity index is 0.00000361. The fraction of sp³-hybridized carbons (Fsp3) is 0.500. The predicted octanol–water partition coefficient (Wildman–Crippen LogP) is 3.35. The number of nitrogens with two attached hydrogens (primary N) is 1. The Kier molecular flexibility index (Phi) is 8.09. The first-order chi connectivity index (χ1) is 8.84. The van der Waals surface area contributed by atoms with Crippen molar-refractivity contribution in [1.82, 2.24) is 4.90 Å². The van der Waals surface area contributed by atoms with Crippen LogP contribution in [-0.2, 0) is 0 Å². The van der Waals surface area contributed by atoms with Gasteiger partial charge in [-0.25, -0.2) is 4.39 Å². The highest BCUT2D eigenvalue weighted by Crippen LogP contribution is 2.20. The molecule has 0 heterocycles. The third-order valence-corrected chi connectivity index (χ3v) is 3.49. The first-order valence-corrected chi connectivity index (χ1v) is 6.67. The zero-order chi connectivity index (χ0) is 14.6. The lowest BCUT2D eigenvalue weighted by Crippen LogP contribution is -2.35. The molecule has 0 aromatic heterocycles. The largest absolute Gasteiger partial charge is 0.342 e. The maximum absolute atomic E-state index is 13.6. The lowest BCUT2D eigenvalue weighted by atomic mass is 10.0. The molecule has 1 aromatic carbocycles. The Morgan fingerprint density at radius 1 is 1.45 bits per heavy atom. The highest BCUT2D eigenvalue weighted by molar-refractivity contribution is 6.33. The molecule has 0 bridgehead atoms. The van der Waals surface area contributed by atoms with Crippen LogP contribution in [0.3, 0.4) is 0 Å². The summed E-state index contributed by atoms with van der Waals surface area (Å²) in [6.45, 7) is 4.53. The van der Waals surface area contributed by atoms with Crippen molar-refractivity contribution in [1.29, 1.82) is 0 Å². The van der Waals surface area contributed by atoms with Gasteiger partial charge in [0.25, 0.3) is 5.91 Å². The van der Waals surface area contributed by atoms with E-state index in [4.69, 9.17) is 17.3 Å². The normalized spacial score (nSPS) is 11.9. The minimum Gasteiger partial charge on any atom is -0.342 e. The summed E-state index contributed by atoms with van der Waals surface area (Å²) in [4.78, 5) is 13.6. The molecular weight excluding hydrogens is 302 g/mol. The SMILES string of the molecule is CC(C)C(N)CCN(C)C(=O)c1c(F)cccc1Cl.Cl. The van der Waals surface area contributed by atoms with E-state index in [2.05, 4.69) is 0 Å². The predicted molar refractivity (Wildman–Crippen MR) is 83.0 cm³/mol. The molecule has 0 aliphatic rings. The number of benzene rings is 1. The minimum atomic E-state index is -0.600. The molecule has 1 atom stereocenters. The maximum Gasteiger partial charge on any atom is 0.258 e. The van der Waals surface area contributed by atoms with Crippen LogP contribution in [0.5, 0.6) is 0 Å². The Bertz CT molecular complexity index is 435. The number of hydrogen-bond donors (Lipinski definition) is 1. The molecule has 0 saturated carbocycles. The standard InChI is InChI=1S/C14H20ClFN2O.ClH/c1-9(2)12(17)7-8-18(3)14(19)13-10(15)5-4-6-11(13)16;/h4-6,9,12H,7-8,17H2,1-3H3;1H. The summed E-state index contributed by atoms with van der Waals surface area (Å²) in [6, 6.07) is 4.23. The van der Waals surface area contributed by atoms with Crippen LogP contribution in [0.1, 0.15) is 30.6 Å². The summed E-state index contributed by atoms with van der Waals surface area (Å²) in [7, 11) is 1.62. The monoisotopic (exact) mass is 322 g/mol. The number of carbonyl (C=O) groups is 1. The molecule has 0 fully saturated rings. The quantitative estimate of drug-likeness (QED) is 0.903. The Morgan fingerprint density at radius 3 is 2.55 bits per heavy atom. The van der Waals surface area contributed by atoms with Crippen LogP contribution in [0.4, 0.5) is 4.39 Å². The average Bonchev–Trinajstić information content (AvgIpc) is 2.34. The van der Waals surface area contributed by atoms with Crippen molar-refractivity contribution < 1.29 is 9.18 Å². The molecule has 6 heteroatoms. The van der Waals surface area contributed by atoms with E-state index in [0.717, 1.165) is 0 Å². The van der Waals surface area contributed by atoms with Gasteiger partial charge in [0.05, 0.1) is 10.6 Å². The van der Waals surface area contributed by atoms with Crippen molar-refractivity contribution in [2.75, 3.05) is 13.6 Å². The van der Waals surface area contributed by atoms with Crippen molar-refractivity contribution in [3.63, 3.8) is 0 Å². The van der Waals surface area contributed by atoms with Crippen molar-refractivity contribution in [2.45, 2.75) is 26.3 Å². The second-order valence-corrected chi connectivity index (χ2v) is 5.43. The molecule has 1 amide bonds. The van der Waals surface area contributed by atoms with Gasteiger partial charge < -0.3 is 10.6 Å². The molecule has 0 saturated heterocycles. The average molecular weight is 323 g/mol. The molecular formula is C14H21Cl2FN2O. The summed E-state index contributed by atoms with van der Waals surface area (Å²) >= 11 is 5.87. The first-order valence-electron chi connectivity index (χ1n) is 6.29. The molecule has 1 unspecified atom stereocenters. The van der Waals surface area contributed by atoms with Crippen molar-refractivity contribution in [3.8, 4) is 0 Å². The molecule has 0 spiro atoms. The number of rotatable bonds is 5. The molecule has 2 N–H and O–H groups in total. The van der Waals surface area contributed by atoms with Gasteiger partial charge in [0.15, 0.2) is 0 Å². The zero-order valence-electron chi connectivity index (χ0n) is 11.9. The highest BCUT2D eigenvalue weighted by atomic mass is 35.5. The summed E-state index contributed by atoms with van der Waals surface area (Å²) in [5, 5.41) is 0.130. The van der Waals surface area contributed by atoms with Crippen LogP contribution < -0.4 is 5.73 Å². The smallest absolute Gasteiger partial charge is 0.258 e. The van der Waals surface area contributed by atoms with E-state index < -0.39 is 11.7 Å². The molecule has 0 aliphatic heterocycles. The van der Waals surface area contributed by atoms with Crippen LogP contribution in [-0.4, -0.2) is 30.4 Å². The van der Waals surface area contributed by atoms with Gasteiger partial charge in [-0.3, -0.25) is 4.79 Å². The molecule has 3 nitrogen and oxygen atoms in total. The van der Waals surface area contributed by atoms with E-state index in [1.54, 1.807) is 7.05 Å². The van der Waals surface area contributed by atoms with Crippen LogP contribution in [0, 0.1) is 11.7 Å². The number of carbonyl (C=O) groups excluding carboxylic acids is 1. The third-order valence-electron chi connectivity index (χ3n) is 3.18. The second-order valence-electron chi connectivity index (χ2n) is 5.02. The van der Waals surface area contributed by atoms with E-state index in [1.807, 2.05) is 13.8 Å². The number of amides is 1. The molecule has 114 valence electrons. The van der Waals surface area contributed by atoms with Gasteiger partial charge in [0, 0.05) is 19.6 Å². The molecule has 0 aliphatic carbocycles. The summed E-state index contributed by atoms with van der Waals surface area (Å²) < 4.78 is 13.6. The van der Waals surface area contributed by atoms with Crippen LogP contribution >= 0.6 is 24.0 Å².